The van der Waals surface area contributed by atoms with E-state index in [0.29, 0.717) is 18.7 Å². The van der Waals surface area contributed by atoms with Crippen LogP contribution in [-0.4, -0.2) is 53.9 Å². The van der Waals surface area contributed by atoms with Crippen LogP contribution in [0.3, 0.4) is 0 Å². The summed E-state index contributed by atoms with van der Waals surface area (Å²) in [5.74, 6) is -0.402. The summed E-state index contributed by atoms with van der Waals surface area (Å²) < 4.78 is 5.31. The van der Waals surface area contributed by atoms with Crippen LogP contribution < -0.4 is 0 Å². The van der Waals surface area contributed by atoms with Crippen molar-refractivity contribution in [1.29, 1.82) is 0 Å². The number of nitro benzene ring substituents is 1. The van der Waals surface area contributed by atoms with E-state index in [1.54, 1.807) is 19.0 Å². The minimum Gasteiger partial charge on any atom is -0.445 e. The van der Waals surface area contributed by atoms with Crippen LogP contribution in [0.2, 0.25) is 0 Å². The molecule has 0 N–H and O–H groups in total. The number of piperidine rings is 1. The van der Waals surface area contributed by atoms with E-state index in [-0.39, 0.29) is 22.8 Å². The first-order valence-corrected chi connectivity index (χ1v) is 8.39. The maximum absolute atomic E-state index is 12.3. The van der Waals surface area contributed by atoms with Gasteiger partial charge in [0.1, 0.15) is 6.61 Å². The van der Waals surface area contributed by atoms with Crippen LogP contribution in [0.15, 0.2) is 17.0 Å². The van der Waals surface area contributed by atoms with E-state index in [2.05, 4.69) is 12.6 Å². The van der Waals surface area contributed by atoms with E-state index in [4.69, 9.17) is 4.74 Å². The molecule has 0 bridgehead atoms. The molecule has 0 saturated carbocycles. The van der Waals surface area contributed by atoms with Crippen LogP contribution >= 0.6 is 12.6 Å². The topological polar surface area (TPSA) is 93.0 Å². The molecule has 0 radical (unpaired) electrons. The fourth-order valence-corrected chi connectivity index (χ4v) is 2.94. The summed E-state index contributed by atoms with van der Waals surface area (Å²) in [6.45, 7) is 1.16. The molecule has 2 rings (SSSR count). The summed E-state index contributed by atoms with van der Waals surface area (Å²) >= 11 is 4.10. The highest BCUT2D eigenvalue weighted by Crippen LogP contribution is 2.28. The molecular formula is C16H21N3O5S. The Morgan fingerprint density at radius 1 is 1.28 bits per heavy atom. The largest absolute Gasteiger partial charge is 0.445 e. The Labute approximate surface area is 151 Å². The van der Waals surface area contributed by atoms with Gasteiger partial charge in [-0.15, -0.1) is 12.6 Å². The van der Waals surface area contributed by atoms with E-state index in [9.17, 15) is 19.7 Å². The zero-order chi connectivity index (χ0) is 18.6. The third-order valence-corrected chi connectivity index (χ3v) is 4.36. The van der Waals surface area contributed by atoms with E-state index < -0.39 is 16.9 Å². The second-order valence-corrected chi connectivity index (χ2v) is 6.54. The molecular weight excluding hydrogens is 346 g/mol. The van der Waals surface area contributed by atoms with Gasteiger partial charge in [0, 0.05) is 38.8 Å². The number of carbonyl (C=O) groups excluding carboxylic acids is 2. The van der Waals surface area contributed by atoms with Gasteiger partial charge in [-0.05, 0) is 25.3 Å². The lowest BCUT2D eigenvalue weighted by molar-refractivity contribution is -0.387. The van der Waals surface area contributed by atoms with Gasteiger partial charge in [-0.1, -0.05) is 0 Å². The van der Waals surface area contributed by atoms with Gasteiger partial charge >= 0.3 is 6.09 Å². The maximum Gasteiger partial charge on any atom is 0.410 e. The number of hydrogen-bond acceptors (Lipinski definition) is 6. The molecule has 1 fully saturated rings. The van der Waals surface area contributed by atoms with Gasteiger partial charge < -0.3 is 14.5 Å². The average molecular weight is 367 g/mol. The number of benzene rings is 1. The van der Waals surface area contributed by atoms with Crippen LogP contribution in [0.5, 0.6) is 0 Å². The van der Waals surface area contributed by atoms with Gasteiger partial charge in [0.2, 0.25) is 0 Å². The first-order chi connectivity index (χ1) is 11.8. The quantitative estimate of drug-likeness (QED) is 0.502. The number of amides is 2. The minimum atomic E-state index is -0.599. The molecule has 0 spiro atoms. The van der Waals surface area contributed by atoms with Gasteiger partial charge in [-0.25, -0.2) is 4.79 Å². The second-order valence-electron chi connectivity index (χ2n) is 6.06. The Bertz CT molecular complexity index is 687. The number of thiol groups is 1. The lowest BCUT2D eigenvalue weighted by atomic mass is 10.1. The van der Waals surface area contributed by atoms with Crippen molar-refractivity contribution in [2.24, 2.45) is 0 Å². The van der Waals surface area contributed by atoms with Crippen LogP contribution in [0.25, 0.3) is 0 Å². The molecule has 25 heavy (non-hydrogen) atoms. The molecule has 0 atom stereocenters. The van der Waals surface area contributed by atoms with Crippen LogP contribution in [0.4, 0.5) is 10.5 Å². The van der Waals surface area contributed by atoms with Crippen molar-refractivity contribution in [3.8, 4) is 0 Å². The van der Waals surface area contributed by atoms with Gasteiger partial charge in [-0.2, -0.15) is 0 Å². The number of nitro groups is 1. The predicted octanol–water partition coefficient (Wildman–Crippen LogP) is 2.71. The Morgan fingerprint density at radius 3 is 2.48 bits per heavy atom. The van der Waals surface area contributed by atoms with Crippen LogP contribution in [-0.2, 0) is 11.3 Å². The number of carbonyl (C=O) groups is 2. The van der Waals surface area contributed by atoms with Gasteiger partial charge in [0.25, 0.3) is 11.6 Å². The number of rotatable bonds is 4. The SMILES string of the molecule is CN(C)C(=O)c1cc([N+](=O)[O-])c(S)cc1COC(=O)N1CCCCC1. The molecule has 1 heterocycles. The highest BCUT2D eigenvalue weighted by molar-refractivity contribution is 7.80. The fraction of sp³-hybridized carbons (Fsp3) is 0.500. The molecule has 1 aliphatic heterocycles. The molecule has 1 aromatic carbocycles. The highest BCUT2D eigenvalue weighted by Gasteiger charge is 2.23. The Hall–Kier alpha value is -2.29. The van der Waals surface area contributed by atoms with Crippen molar-refractivity contribution in [3.63, 3.8) is 0 Å². The Morgan fingerprint density at radius 2 is 1.92 bits per heavy atom. The van der Waals surface area contributed by atoms with Crippen molar-refractivity contribution in [3.05, 3.63) is 33.4 Å². The number of ether oxygens (including phenoxy) is 1. The molecule has 0 aliphatic carbocycles. The van der Waals surface area contributed by atoms with Crippen molar-refractivity contribution in [2.45, 2.75) is 30.8 Å². The predicted molar refractivity (Wildman–Crippen MR) is 94.0 cm³/mol. The smallest absolute Gasteiger partial charge is 0.410 e. The molecule has 1 aliphatic rings. The summed E-state index contributed by atoms with van der Waals surface area (Å²) in [4.78, 5) is 38.0. The normalized spacial score (nSPS) is 14.1. The Balaban J connectivity index is 2.23. The molecule has 8 nitrogen and oxygen atoms in total. The van der Waals surface area contributed by atoms with Crippen molar-refractivity contribution < 1.29 is 19.2 Å². The summed E-state index contributed by atoms with van der Waals surface area (Å²) in [6.07, 6.45) is 2.54. The molecule has 0 aromatic heterocycles. The van der Waals surface area contributed by atoms with Crippen molar-refractivity contribution in [2.75, 3.05) is 27.2 Å². The molecule has 9 heteroatoms. The Kier molecular flexibility index (Phi) is 6.24. The maximum atomic E-state index is 12.3. The monoisotopic (exact) mass is 367 g/mol. The van der Waals surface area contributed by atoms with Gasteiger partial charge in [0.05, 0.1) is 15.4 Å². The summed E-state index contributed by atoms with van der Waals surface area (Å²) in [7, 11) is 3.10. The van der Waals surface area contributed by atoms with E-state index in [1.807, 2.05) is 0 Å². The first kappa shape index (κ1) is 19.0. The lowest BCUT2D eigenvalue weighted by Crippen LogP contribution is -2.36. The van der Waals surface area contributed by atoms with Crippen LogP contribution in [0, 0.1) is 10.1 Å². The minimum absolute atomic E-state index is 0.115. The number of likely N-dealkylation sites (tertiary alicyclic amines) is 1. The average Bonchev–Trinajstić information content (AvgIpc) is 2.59. The van der Waals surface area contributed by atoms with E-state index >= 15 is 0 Å². The number of hydrogen-bond donors (Lipinski definition) is 1. The standard InChI is InChI=1S/C16H21N3O5S/c1-17(2)15(20)12-9-13(19(22)23)14(25)8-11(12)10-24-16(21)18-6-4-3-5-7-18/h8-9,25H,3-7,10H2,1-2H3. The van der Waals surface area contributed by atoms with E-state index in [0.717, 1.165) is 19.3 Å². The van der Waals surface area contributed by atoms with Gasteiger partial charge in [-0.3, -0.25) is 14.9 Å². The number of nitrogens with zero attached hydrogens (tertiary/aromatic N) is 3. The molecule has 1 aromatic rings. The third-order valence-electron chi connectivity index (χ3n) is 4.00. The summed E-state index contributed by atoms with van der Waals surface area (Å²) in [6, 6.07) is 2.58. The highest BCUT2D eigenvalue weighted by atomic mass is 32.1. The van der Waals surface area contributed by atoms with Crippen molar-refractivity contribution >= 4 is 30.3 Å². The summed E-state index contributed by atoms with van der Waals surface area (Å²) in [5.41, 5.74) is 0.250. The van der Waals surface area contributed by atoms with Gasteiger partial charge in [0.15, 0.2) is 0 Å². The fourth-order valence-electron chi connectivity index (χ4n) is 2.63. The van der Waals surface area contributed by atoms with E-state index in [1.165, 1.54) is 17.0 Å². The molecule has 2 amide bonds. The molecule has 136 valence electrons. The molecule has 0 unspecified atom stereocenters. The molecule has 1 saturated heterocycles. The van der Waals surface area contributed by atoms with Crippen LogP contribution in [0.1, 0.15) is 35.2 Å². The second kappa shape index (κ2) is 8.19. The lowest BCUT2D eigenvalue weighted by Gasteiger charge is -2.26. The zero-order valence-electron chi connectivity index (χ0n) is 14.2. The zero-order valence-corrected chi connectivity index (χ0v) is 15.1. The summed E-state index contributed by atoms with van der Waals surface area (Å²) in [5, 5.41) is 11.1. The first-order valence-electron chi connectivity index (χ1n) is 7.95. The third kappa shape index (κ3) is 4.62. The van der Waals surface area contributed by atoms with Crippen molar-refractivity contribution in [1.82, 2.24) is 9.80 Å².